The second-order valence-electron chi connectivity index (χ2n) is 9.75. The van der Waals surface area contributed by atoms with E-state index in [0.717, 1.165) is 24.7 Å². The summed E-state index contributed by atoms with van der Waals surface area (Å²) in [6.45, 7) is 17.3. The molecule has 0 amide bonds. The Morgan fingerprint density at radius 3 is 1.58 bits per heavy atom. The Hall–Kier alpha value is -0.780. The highest BCUT2D eigenvalue weighted by molar-refractivity contribution is 7.08. The number of hydrogen-bond acceptors (Lipinski definition) is 5. The van der Waals surface area contributed by atoms with E-state index in [4.69, 9.17) is 18.9 Å². The van der Waals surface area contributed by atoms with Gasteiger partial charge in [-0.05, 0) is 24.7 Å². The molecule has 2 unspecified atom stereocenters. The smallest absolute Gasteiger partial charge is 0.171 e. The molecule has 1 aliphatic rings. The Bertz CT molecular complexity index is 527. The lowest BCUT2D eigenvalue weighted by Gasteiger charge is -2.32. The van der Waals surface area contributed by atoms with Gasteiger partial charge in [-0.25, -0.2) is 0 Å². The van der Waals surface area contributed by atoms with Crippen molar-refractivity contribution in [2.75, 3.05) is 39.6 Å². The minimum Gasteiger partial charge on any atom is -0.488 e. The first-order valence-corrected chi connectivity index (χ1v) is 14.5. The van der Waals surface area contributed by atoms with Gasteiger partial charge in [-0.1, -0.05) is 86.5 Å². The van der Waals surface area contributed by atoms with Crippen LogP contribution in [0, 0.1) is 17.3 Å². The molecule has 0 aromatic carbocycles. The largest absolute Gasteiger partial charge is 0.488 e. The molecule has 0 bridgehead atoms. The zero-order chi connectivity index (χ0) is 24.4. The summed E-state index contributed by atoms with van der Waals surface area (Å²) in [6.07, 6.45) is 11.1. The third-order valence-corrected chi connectivity index (χ3v) is 6.97. The van der Waals surface area contributed by atoms with Crippen LogP contribution in [0.25, 0.3) is 0 Å². The van der Waals surface area contributed by atoms with Crippen molar-refractivity contribution in [1.82, 2.24) is 0 Å². The van der Waals surface area contributed by atoms with Gasteiger partial charge < -0.3 is 18.9 Å². The van der Waals surface area contributed by atoms with E-state index < -0.39 is 0 Å². The van der Waals surface area contributed by atoms with E-state index >= 15 is 0 Å². The lowest BCUT2D eigenvalue weighted by Crippen LogP contribution is -2.43. The third-order valence-electron chi connectivity index (χ3n) is 6.27. The van der Waals surface area contributed by atoms with Crippen LogP contribution in [0.3, 0.4) is 0 Å². The maximum atomic E-state index is 6.27. The van der Waals surface area contributed by atoms with Crippen molar-refractivity contribution in [1.29, 1.82) is 0 Å². The van der Waals surface area contributed by atoms with Crippen LogP contribution >= 0.6 is 11.3 Å². The van der Waals surface area contributed by atoms with Gasteiger partial charge in [-0.15, -0.1) is 11.3 Å². The number of ether oxygens (including phenoxy) is 4. The summed E-state index contributed by atoms with van der Waals surface area (Å²) in [6, 6.07) is 0. The van der Waals surface area contributed by atoms with Gasteiger partial charge in [0.15, 0.2) is 11.5 Å². The van der Waals surface area contributed by atoms with Gasteiger partial charge in [0.25, 0.3) is 0 Å². The Balaban J connectivity index is 0.00000172. The Labute approximate surface area is 208 Å². The lowest BCUT2D eigenvalue weighted by molar-refractivity contribution is -0.0715. The summed E-state index contributed by atoms with van der Waals surface area (Å²) in [5.74, 6) is 2.97. The van der Waals surface area contributed by atoms with Crippen LogP contribution < -0.4 is 9.47 Å². The minimum atomic E-state index is -0.261. The summed E-state index contributed by atoms with van der Waals surface area (Å²) in [7, 11) is 0. The molecule has 2 rings (SSSR count). The van der Waals surface area contributed by atoms with Crippen LogP contribution in [0.2, 0.25) is 0 Å². The quantitative estimate of drug-likeness (QED) is 0.236. The number of rotatable bonds is 16. The Morgan fingerprint density at radius 1 is 0.788 bits per heavy atom. The van der Waals surface area contributed by atoms with Crippen molar-refractivity contribution < 1.29 is 18.9 Å². The van der Waals surface area contributed by atoms with Gasteiger partial charge >= 0.3 is 0 Å². The summed E-state index contributed by atoms with van der Waals surface area (Å²) >= 11 is 1.62. The van der Waals surface area contributed by atoms with E-state index in [2.05, 4.69) is 41.5 Å². The van der Waals surface area contributed by atoms with Crippen molar-refractivity contribution in [3.8, 4) is 11.5 Å². The van der Waals surface area contributed by atoms with Gasteiger partial charge in [-0.2, -0.15) is 0 Å². The van der Waals surface area contributed by atoms with Crippen LogP contribution in [0.1, 0.15) is 99.3 Å². The van der Waals surface area contributed by atoms with Gasteiger partial charge in [0.1, 0.15) is 13.2 Å². The molecule has 33 heavy (non-hydrogen) atoms. The average molecular weight is 485 g/mol. The van der Waals surface area contributed by atoms with Crippen molar-refractivity contribution >= 4 is 11.3 Å². The van der Waals surface area contributed by atoms with Crippen LogP contribution in [-0.4, -0.2) is 39.6 Å². The Morgan fingerprint density at radius 2 is 1.21 bits per heavy atom. The van der Waals surface area contributed by atoms with Crippen molar-refractivity contribution in [2.45, 2.75) is 99.3 Å². The highest BCUT2D eigenvalue weighted by atomic mass is 32.1. The zero-order valence-electron chi connectivity index (χ0n) is 22.5. The monoisotopic (exact) mass is 484 g/mol. The molecule has 0 saturated carbocycles. The van der Waals surface area contributed by atoms with Crippen molar-refractivity contribution in [2.24, 2.45) is 17.3 Å². The molecule has 1 aliphatic heterocycles. The number of hydrogen-bond donors (Lipinski definition) is 0. The Kier molecular flexibility index (Phi) is 17.0. The molecule has 2 atom stereocenters. The van der Waals surface area contributed by atoms with Gasteiger partial charge in [0, 0.05) is 24.0 Å². The summed E-state index contributed by atoms with van der Waals surface area (Å²) in [4.78, 5) is 0. The predicted octanol–water partition coefficient (Wildman–Crippen LogP) is 8.39. The minimum absolute atomic E-state index is 0.261. The average Bonchev–Trinajstić information content (AvgIpc) is 3.21. The standard InChI is InChI=1S/C25H44O4S.C3H8/c1-5-9-11-21(7-3)13-26-17-25(18-27-14-22(8-4)12-10-6-2)19-28-23-15-30-16-24(23)29-20-25;1-3-2/h15-16,21-22H,5-14,17-20H2,1-4H3;3H2,1-2H3. The topological polar surface area (TPSA) is 36.9 Å². The molecule has 194 valence electrons. The summed E-state index contributed by atoms with van der Waals surface area (Å²) in [5, 5.41) is 4.03. The van der Waals surface area contributed by atoms with E-state index in [0.29, 0.717) is 38.3 Å². The van der Waals surface area contributed by atoms with Gasteiger partial charge in [-0.3, -0.25) is 0 Å². The lowest BCUT2D eigenvalue weighted by atomic mass is 9.91. The molecular formula is C28H52O4S. The molecule has 1 aromatic heterocycles. The van der Waals surface area contributed by atoms with Crippen LogP contribution in [0.4, 0.5) is 0 Å². The molecule has 0 radical (unpaired) electrons. The number of unbranched alkanes of at least 4 members (excludes halogenated alkanes) is 2. The molecule has 0 spiro atoms. The molecular weight excluding hydrogens is 432 g/mol. The first-order chi connectivity index (χ1) is 16.1. The highest BCUT2D eigenvalue weighted by Gasteiger charge is 2.37. The normalized spacial score (nSPS) is 16.4. The molecule has 0 N–H and O–H groups in total. The molecule has 0 fully saturated rings. The highest BCUT2D eigenvalue weighted by Crippen LogP contribution is 2.37. The number of thiophene rings is 1. The molecule has 1 aromatic rings. The van der Waals surface area contributed by atoms with Crippen molar-refractivity contribution in [3.05, 3.63) is 10.8 Å². The second kappa shape index (κ2) is 18.5. The molecule has 2 heterocycles. The van der Waals surface area contributed by atoms with E-state index in [-0.39, 0.29) is 5.41 Å². The van der Waals surface area contributed by atoms with Crippen molar-refractivity contribution in [3.63, 3.8) is 0 Å². The van der Waals surface area contributed by atoms with E-state index in [1.807, 2.05) is 10.8 Å². The summed E-state index contributed by atoms with van der Waals surface area (Å²) < 4.78 is 24.8. The van der Waals surface area contributed by atoms with Crippen LogP contribution in [-0.2, 0) is 9.47 Å². The van der Waals surface area contributed by atoms with E-state index in [9.17, 15) is 0 Å². The van der Waals surface area contributed by atoms with E-state index in [1.54, 1.807) is 11.3 Å². The fourth-order valence-corrected chi connectivity index (χ4v) is 4.56. The fourth-order valence-electron chi connectivity index (χ4n) is 3.88. The first-order valence-electron chi connectivity index (χ1n) is 13.5. The maximum absolute atomic E-state index is 6.27. The SMILES string of the molecule is CCC.CCCCC(CC)COCC1(COCC(CC)CCCC)COc2cscc2OC1. The van der Waals surface area contributed by atoms with Gasteiger partial charge in [0.05, 0.1) is 18.6 Å². The van der Waals surface area contributed by atoms with Crippen LogP contribution in [0.5, 0.6) is 11.5 Å². The molecule has 0 aliphatic carbocycles. The molecule has 0 saturated heterocycles. The third kappa shape index (κ3) is 12.0. The van der Waals surface area contributed by atoms with Crippen LogP contribution in [0.15, 0.2) is 10.8 Å². The predicted molar refractivity (Wildman–Crippen MR) is 142 cm³/mol. The number of fused-ring (bicyclic) bond motifs is 1. The second-order valence-corrected chi connectivity index (χ2v) is 10.5. The fraction of sp³-hybridized carbons (Fsp3) is 0.857. The van der Waals surface area contributed by atoms with E-state index in [1.165, 1.54) is 57.8 Å². The first kappa shape index (κ1) is 30.3. The van der Waals surface area contributed by atoms with Gasteiger partial charge in [0.2, 0.25) is 0 Å². The molecule has 5 heteroatoms. The zero-order valence-corrected chi connectivity index (χ0v) is 23.3. The summed E-state index contributed by atoms with van der Waals surface area (Å²) in [5.41, 5.74) is -0.261. The molecule has 4 nitrogen and oxygen atoms in total. The maximum Gasteiger partial charge on any atom is 0.171 e.